The number of carbonyl (C=O) groups is 1. The molecule has 6 heteroatoms. The number of benzene rings is 1. The van der Waals surface area contributed by atoms with Gasteiger partial charge in [-0.15, -0.1) is 0 Å². The fourth-order valence-electron chi connectivity index (χ4n) is 1.50. The Labute approximate surface area is 105 Å². The summed E-state index contributed by atoms with van der Waals surface area (Å²) in [6.07, 6.45) is 0. The van der Waals surface area contributed by atoms with Crippen LogP contribution in [-0.4, -0.2) is 14.7 Å². The van der Waals surface area contributed by atoms with E-state index in [4.69, 9.17) is 0 Å². The predicted molar refractivity (Wildman–Crippen MR) is 69.7 cm³/mol. The first-order chi connectivity index (χ1) is 8.34. The van der Waals surface area contributed by atoms with Gasteiger partial charge in [0.25, 0.3) is 5.91 Å². The van der Waals surface area contributed by atoms with Gasteiger partial charge in [-0.25, -0.2) is 0 Å². The third-order valence-corrected chi connectivity index (χ3v) is 3.54. The summed E-state index contributed by atoms with van der Waals surface area (Å²) in [5.74, 6) is -0.119. The van der Waals surface area contributed by atoms with Crippen LogP contribution in [0.1, 0.15) is 10.4 Å². The molecule has 1 amide bonds. The second-order valence-corrected chi connectivity index (χ2v) is 4.71. The van der Waals surface area contributed by atoms with Crippen molar-refractivity contribution in [2.45, 2.75) is 0 Å². The number of aromatic nitrogens is 2. The van der Waals surface area contributed by atoms with Crippen LogP contribution in [-0.2, 0) is 0 Å². The molecule has 0 aliphatic heterocycles. The molecule has 0 aliphatic rings. The van der Waals surface area contributed by atoms with Gasteiger partial charge < -0.3 is 5.32 Å². The van der Waals surface area contributed by atoms with Gasteiger partial charge in [-0.05, 0) is 23.6 Å². The molecule has 1 N–H and O–H groups in total. The van der Waals surface area contributed by atoms with Crippen LogP contribution in [0.5, 0.6) is 0 Å². The monoisotopic (exact) mass is 261 g/mol. The molecule has 3 rings (SSSR count). The van der Waals surface area contributed by atoms with E-state index >= 15 is 0 Å². The molecule has 84 valence electrons. The van der Waals surface area contributed by atoms with E-state index in [2.05, 4.69) is 14.1 Å². The molecule has 17 heavy (non-hydrogen) atoms. The highest BCUT2D eigenvalue weighted by Gasteiger charge is 2.10. The first-order valence-electron chi connectivity index (χ1n) is 4.89. The number of amides is 1. The lowest BCUT2D eigenvalue weighted by atomic mass is 10.2. The Morgan fingerprint density at radius 1 is 1.24 bits per heavy atom. The number of hydrogen-bond acceptors (Lipinski definition) is 5. The molecule has 0 spiro atoms. The summed E-state index contributed by atoms with van der Waals surface area (Å²) >= 11 is 2.64. The Morgan fingerprint density at radius 2 is 2.18 bits per heavy atom. The molecular weight excluding hydrogens is 254 g/mol. The van der Waals surface area contributed by atoms with Crippen LogP contribution in [0.4, 0.5) is 5.69 Å². The van der Waals surface area contributed by atoms with Crippen molar-refractivity contribution < 1.29 is 4.79 Å². The van der Waals surface area contributed by atoms with Gasteiger partial charge in [0.2, 0.25) is 0 Å². The fourth-order valence-corrected chi connectivity index (χ4v) is 2.68. The lowest BCUT2D eigenvalue weighted by molar-refractivity contribution is 0.102. The maximum absolute atomic E-state index is 11.9. The third kappa shape index (κ3) is 1.92. The van der Waals surface area contributed by atoms with Gasteiger partial charge in [-0.1, -0.05) is 6.07 Å². The molecule has 3 aromatic rings. The average Bonchev–Trinajstić information content (AvgIpc) is 3.00. The van der Waals surface area contributed by atoms with Gasteiger partial charge >= 0.3 is 0 Å². The van der Waals surface area contributed by atoms with Gasteiger partial charge in [0.15, 0.2) is 0 Å². The number of thiophene rings is 1. The normalized spacial score (nSPS) is 10.6. The standard InChI is InChI=1S/C11H7N3OS2/c15-11(7-4-5-16-6-7)12-8-2-1-3-9-10(8)14-17-13-9/h1-6H,(H,12,15). The molecule has 0 bridgehead atoms. The Kier molecular flexibility index (Phi) is 2.58. The summed E-state index contributed by atoms with van der Waals surface area (Å²) in [7, 11) is 0. The van der Waals surface area contributed by atoms with E-state index in [0.717, 1.165) is 22.8 Å². The number of rotatable bonds is 2. The largest absolute Gasteiger partial charge is 0.320 e. The SMILES string of the molecule is O=C(Nc1cccc2nsnc12)c1ccsc1. The molecule has 2 heterocycles. The van der Waals surface area contributed by atoms with E-state index in [0.29, 0.717) is 11.3 Å². The Balaban J connectivity index is 1.95. The van der Waals surface area contributed by atoms with Crippen LogP contribution >= 0.6 is 23.1 Å². The highest BCUT2D eigenvalue weighted by molar-refractivity contribution is 7.08. The summed E-state index contributed by atoms with van der Waals surface area (Å²) < 4.78 is 8.30. The van der Waals surface area contributed by atoms with Gasteiger partial charge in [-0.2, -0.15) is 20.1 Å². The first kappa shape index (κ1) is 10.4. The van der Waals surface area contributed by atoms with Gasteiger partial charge in [-0.3, -0.25) is 4.79 Å². The number of nitrogens with one attached hydrogen (secondary N) is 1. The second kappa shape index (κ2) is 4.23. The van der Waals surface area contributed by atoms with Crippen molar-refractivity contribution in [3.05, 3.63) is 40.6 Å². The minimum Gasteiger partial charge on any atom is -0.320 e. The summed E-state index contributed by atoms with van der Waals surface area (Å²) in [4.78, 5) is 11.9. The fraction of sp³-hybridized carbons (Fsp3) is 0. The summed E-state index contributed by atoms with van der Waals surface area (Å²) in [5, 5.41) is 6.53. The van der Waals surface area contributed by atoms with E-state index in [-0.39, 0.29) is 5.91 Å². The molecule has 0 saturated carbocycles. The zero-order valence-corrected chi connectivity index (χ0v) is 10.2. The van der Waals surface area contributed by atoms with Gasteiger partial charge in [0.1, 0.15) is 11.0 Å². The minimum absolute atomic E-state index is 0.119. The molecule has 1 aromatic carbocycles. The van der Waals surface area contributed by atoms with Crippen LogP contribution in [0, 0.1) is 0 Å². The van der Waals surface area contributed by atoms with E-state index in [1.54, 1.807) is 6.07 Å². The second-order valence-electron chi connectivity index (χ2n) is 3.40. The highest BCUT2D eigenvalue weighted by atomic mass is 32.1. The lowest BCUT2D eigenvalue weighted by Crippen LogP contribution is -2.10. The molecule has 0 atom stereocenters. The summed E-state index contributed by atoms with van der Waals surface area (Å²) in [5.41, 5.74) is 2.90. The molecule has 2 aromatic heterocycles. The maximum Gasteiger partial charge on any atom is 0.256 e. The number of hydrogen-bond donors (Lipinski definition) is 1. The zero-order valence-electron chi connectivity index (χ0n) is 8.58. The van der Waals surface area contributed by atoms with E-state index < -0.39 is 0 Å². The highest BCUT2D eigenvalue weighted by Crippen LogP contribution is 2.21. The Bertz CT molecular complexity index is 660. The molecular formula is C11H7N3OS2. The van der Waals surface area contributed by atoms with Crippen molar-refractivity contribution in [1.82, 2.24) is 8.75 Å². The van der Waals surface area contributed by atoms with Crippen molar-refractivity contribution in [1.29, 1.82) is 0 Å². The summed E-state index contributed by atoms with van der Waals surface area (Å²) in [6, 6.07) is 7.35. The lowest BCUT2D eigenvalue weighted by Gasteiger charge is -2.03. The predicted octanol–water partition coefficient (Wildman–Crippen LogP) is 3.01. The average molecular weight is 261 g/mol. The summed E-state index contributed by atoms with van der Waals surface area (Å²) in [6.45, 7) is 0. The van der Waals surface area contributed by atoms with Gasteiger partial charge in [0.05, 0.1) is 23.0 Å². The smallest absolute Gasteiger partial charge is 0.256 e. The minimum atomic E-state index is -0.119. The van der Waals surface area contributed by atoms with Crippen LogP contribution in [0.3, 0.4) is 0 Å². The van der Waals surface area contributed by atoms with Crippen molar-refractivity contribution in [3.8, 4) is 0 Å². The molecule has 0 unspecified atom stereocenters. The Morgan fingerprint density at radius 3 is 3.00 bits per heavy atom. The first-order valence-corrected chi connectivity index (χ1v) is 6.57. The maximum atomic E-state index is 11.9. The van der Waals surface area contributed by atoms with E-state index in [9.17, 15) is 4.79 Å². The van der Waals surface area contributed by atoms with Crippen LogP contribution in [0.15, 0.2) is 35.0 Å². The van der Waals surface area contributed by atoms with Crippen molar-refractivity contribution in [2.24, 2.45) is 0 Å². The molecule has 0 fully saturated rings. The number of fused-ring (bicyclic) bond motifs is 1. The molecule has 4 nitrogen and oxygen atoms in total. The topological polar surface area (TPSA) is 54.9 Å². The number of nitrogens with zero attached hydrogens (tertiary/aromatic N) is 2. The van der Waals surface area contributed by atoms with Crippen LogP contribution in [0.25, 0.3) is 11.0 Å². The third-order valence-electron chi connectivity index (χ3n) is 2.32. The van der Waals surface area contributed by atoms with Crippen LogP contribution in [0.2, 0.25) is 0 Å². The van der Waals surface area contributed by atoms with Crippen molar-refractivity contribution in [3.63, 3.8) is 0 Å². The molecule has 0 aliphatic carbocycles. The number of anilines is 1. The van der Waals surface area contributed by atoms with E-state index in [1.807, 2.05) is 29.0 Å². The molecule has 0 radical (unpaired) electrons. The van der Waals surface area contributed by atoms with Crippen LogP contribution < -0.4 is 5.32 Å². The van der Waals surface area contributed by atoms with Gasteiger partial charge in [0, 0.05) is 5.38 Å². The van der Waals surface area contributed by atoms with Crippen molar-refractivity contribution in [2.75, 3.05) is 5.32 Å². The number of carbonyl (C=O) groups excluding carboxylic acids is 1. The van der Waals surface area contributed by atoms with Crippen molar-refractivity contribution >= 4 is 45.7 Å². The molecule has 0 saturated heterocycles. The van der Waals surface area contributed by atoms with E-state index in [1.165, 1.54) is 11.3 Å². The zero-order chi connectivity index (χ0) is 11.7. The Hall–Kier alpha value is -1.79. The quantitative estimate of drug-likeness (QED) is 0.771.